The second-order valence-corrected chi connectivity index (χ2v) is 10.5. The summed E-state index contributed by atoms with van der Waals surface area (Å²) in [5.41, 5.74) is 1.76. The number of hydrogen-bond donors (Lipinski definition) is 1. The second-order valence-electron chi connectivity index (χ2n) is 8.46. The molecule has 2 aromatic rings. The van der Waals surface area contributed by atoms with Crippen LogP contribution in [0.4, 0.5) is 14.7 Å². The van der Waals surface area contributed by atoms with Crippen LogP contribution < -0.4 is 15.2 Å². The zero-order chi connectivity index (χ0) is 21.0. The summed E-state index contributed by atoms with van der Waals surface area (Å²) in [6.07, 6.45) is 0. The van der Waals surface area contributed by atoms with Crippen molar-refractivity contribution in [2.24, 2.45) is 7.05 Å². The highest BCUT2D eigenvalue weighted by atomic mass is 32.2. The highest BCUT2D eigenvalue weighted by Gasteiger charge is 2.45. The van der Waals surface area contributed by atoms with Crippen LogP contribution in [0.5, 0.6) is 0 Å². The summed E-state index contributed by atoms with van der Waals surface area (Å²) in [5, 5.41) is 0.420. The van der Waals surface area contributed by atoms with Gasteiger partial charge >= 0.3 is 0 Å². The molecule has 1 unspecified atom stereocenters. The normalized spacial score (nSPS) is 18.8. The number of nitrogens with one attached hydrogen (secondary N) is 1. The molecule has 3 rings (SSSR count). The average molecular weight is 413 g/mol. The number of alkyl halides is 2. The topological polar surface area (TPSA) is 73.2 Å². The van der Waals surface area contributed by atoms with E-state index >= 15 is 0 Å². The summed E-state index contributed by atoms with van der Waals surface area (Å²) in [4.78, 5) is 18.9. The SMILES string of the molecule is Cc1cc([C@@H](C)N[S+]([O-])C(C)(C)C)c2nc(N3CC(F)(F)C3)n(C)c(=O)c2c1. The van der Waals surface area contributed by atoms with Crippen LogP contribution in [0, 0.1) is 6.92 Å². The van der Waals surface area contributed by atoms with Gasteiger partial charge in [0, 0.05) is 24.0 Å². The number of hydrogen-bond acceptors (Lipinski definition) is 5. The first-order valence-corrected chi connectivity index (χ1v) is 10.3. The molecule has 0 aliphatic carbocycles. The van der Waals surface area contributed by atoms with Gasteiger partial charge in [-0.3, -0.25) is 9.36 Å². The zero-order valence-corrected chi connectivity index (χ0v) is 17.8. The summed E-state index contributed by atoms with van der Waals surface area (Å²) in [7, 11) is 1.54. The number of aromatic nitrogens is 2. The van der Waals surface area contributed by atoms with Crippen LogP contribution in [-0.4, -0.2) is 37.9 Å². The van der Waals surface area contributed by atoms with Crippen LogP contribution in [0.3, 0.4) is 0 Å². The number of halogens is 2. The molecule has 154 valence electrons. The maximum atomic E-state index is 13.3. The van der Waals surface area contributed by atoms with Crippen LogP contribution in [0.15, 0.2) is 16.9 Å². The third-order valence-electron chi connectivity index (χ3n) is 4.76. The highest BCUT2D eigenvalue weighted by Crippen LogP contribution is 2.32. The molecule has 0 bridgehead atoms. The number of rotatable bonds is 4. The highest BCUT2D eigenvalue weighted by molar-refractivity contribution is 7.90. The molecule has 0 amide bonds. The molecule has 1 aromatic heterocycles. The van der Waals surface area contributed by atoms with Gasteiger partial charge in [-0.05, 0) is 46.2 Å². The van der Waals surface area contributed by atoms with Crippen LogP contribution in [-0.2, 0) is 18.4 Å². The van der Waals surface area contributed by atoms with Gasteiger partial charge in [-0.2, -0.15) is 0 Å². The molecular weight excluding hydrogens is 386 g/mol. The van der Waals surface area contributed by atoms with E-state index < -0.39 is 35.1 Å². The van der Waals surface area contributed by atoms with E-state index in [-0.39, 0.29) is 17.5 Å². The number of benzene rings is 1. The van der Waals surface area contributed by atoms with Crippen molar-refractivity contribution < 1.29 is 13.3 Å². The molecule has 0 spiro atoms. The van der Waals surface area contributed by atoms with E-state index in [1.54, 1.807) is 13.1 Å². The lowest BCUT2D eigenvalue weighted by Crippen LogP contribution is -2.58. The number of anilines is 1. The number of aryl methyl sites for hydroxylation is 1. The van der Waals surface area contributed by atoms with Crippen LogP contribution in [0.2, 0.25) is 0 Å². The quantitative estimate of drug-likeness (QED) is 0.782. The van der Waals surface area contributed by atoms with E-state index in [9.17, 15) is 18.1 Å². The van der Waals surface area contributed by atoms with Crippen LogP contribution in [0.1, 0.15) is 44.9 Å². The molecule has 2 heterocycles. The second kappa shape index (κ2) is 6.96. The van der Waals surface area contributed by atoms with E-state index in [0.29, 0.717) is 10.9 Å². The maximum absolute atomic E-state index is 13.3. The fourth-order valence-corrected chi connectivity index (χ4v) is 4.01. The maximum Gasteiger partial charge on any atom is 0.282 e. The van der Waals surface area contributed by atoms with E-state index in [0.717, 1.165) is 11.1 Å². The first-order chi connectivity index (χ1) is 12.8. The molecular formula is C19H26F2N4O2S. The van der Waals surface area contributed by atoms with Gasteiger partial charge in [-0.25, -0.2) is 13.8 Å². The molecule has 1 saturated heterocycles. The van der Waals surface area contributed by atoms with Gasteiger partial charge in [-0.1, -0.05) is 6.07 Å². The van der Waals surface area contributed by atoms with Crippen LogP contribution >= 0.6 is 0 Å². The summed E-state index contributed by atoms with van der Waals surface area (Å²) in [6.45, 7) is 8.42. The molecule has 6 nitrogen and oxygen atoms in total. The van der Waals surface area contributed by atoms with Crippen molar-refractivity contribution in [1.82, 2.24) is 14.3 Å². The van der Waals surface area contributed by atoms with E-state index in [1.807, 2.05) is 40.7 Å². The van der Waals surface area contributed by atoms with Crippen molar-refractivity contribution in [2.45, 2.75) is 51.3 Å². The zero-order valence-electron chi connectivity index (χ0n) is 17.0. The van der Waals surface area contributed by atoms with Crippen molar-refractivity contribution in [3.05, 3.63) is 33.6 Å². The molecule has 0 radical (unpaired) electrons. The Morgan fingerprint density at radius 3 is 2.46 bits per heavy atom. The minimum Gasteiger partial charge on any atom is -0.598 e. The molecule has 1 aliphatic heterocycles. The summed E-state index contributed by atoms with van der Waals surface area (Å²) in [5.74, 6) is -2.54. The molecule has 28 heavy (non-hydrogen) atoms. The predicted octanol–water partition coefficient (Wildman–Crippen LogP) is 2.81. The van der Waals surface area contributed by atoms with E-state index in [4.69, 9.17) is 0 Å². The standard InChI is InChI=1S/C19H26F2N4O2S/c1-11-7-13(12(2)23-28(27)18(3,4)5)15-14(8-11)16(26)24(6)17(22-15)25-9-19(20,21)10-25/h7-8,12,23H,9-10H2,1-6H3/t12-,28?/m1/s1. The molecule has 2 atom stereocenters. The fourth-order valence-electron chi connectivity index (χ4n) is 3.21. The predicted molar refractivity (Wildman–Crippen MR) is 108 cm³/mol. The van der Waals surface area contributed by atoms with E-state index in [1.165, 1.54) is 9.47 Å². The minimum atomic E-state index is -2.76. The summed E-state index contributed by atoms with van der Waals surface area (Å²) >= 11 is -1.31. The first kappa shape index (κ1) is 21.0. The van der Waals surface area contributed by atoms with Crippen molar-refractivity contribution >= 4 is 28.2 Å². The lowest BCUT2D eigenvalue weighted by molar-refractivity contribution is -0.0275. The fraction of sp³-hybridized carbons (Fsp3) is 0.579. The van der Waals surface area contributed by atoms with Gasteiger partial charge in [0.1, 0.15) is 4.75 Å². The van der Waals surface area contributed by atoms with Gasteiger partial charge in [0.15, 0.2) is 0 Å². The van der Waals surface area contributed by atoms with Gasteiger partial charge in [-0.15, -0.1) is 4.72 Å². The minimum absolute atomic E-state index is 0.220. The first-order valence-electron chi connectivity index (χ1n) is 9.12. The van der Waals surface area contributed by atoms with Crippen molar-refractivity contribution in [3.63, 3.8) is 0 Å². The van der Waals surface area contributed by atoms with E-state index in [2.05, 4.69) is 9.71 Å². The van der Waals surface area contributed by atoms with Crippen LogP contribution in [0.25, 0.3) is 10.9 Å². The Labute approximate surface area is 166 Å². The average Bonchev–Trinajstić information content (AvgIpc) is 2.54. The molecule has 9 heteroatoms. The Bertz CT molecular complexity index is 963. The van der Waals surface area contributed by atoms with Crippen molar-refractivity contribution in [2.75, 3.05) is 18.0 Å². The lowest BCUT2D eigenvalue weighted by Gasteiger charge is -2.40. The third-order valence-corrected chi connectivity index (χ3v) is 6.44. The van der Waals surface area contributed by atoms with Gasteiger partial charge < -0.3 is 9.45 Å². The largest absolute Gasteiger partial charge is 0.598 e. The molecule has 1 aromatic carbocycles. The van der Waals surface area contributed by atoms with Gasteiger partial charge in [0.2, 0.25) is 5.95 Å². The monoisotopic (exact) mass is 412 g/mol. The van der Waals surface area contributed by atoms with Gasteiger partial charge in [0.05, 0.1) is 30.0 Å². The molecule has 1 fully saturated rings. The van der Waals surface area contributed by atoms with Gasteiger partial charge in [0.25, 0.3) is 11.5 Å². The van der Waals surface area contributed by atoms with Crippen molar-refractivity contribution in [3.8, 4) is 0 Å². The Kier molecular flexibility index (Phi) is 5.23. The Balaban J connectivity index is 2.10. The lowest BCUT2D eigenvalue weighted by atomic mass is 10.0. The molecule has 1 N–H and O–H groups in total. The molecule has 1 aliphatic rings. The number of fused-ring (bicyclic) bond motifs is 1. The van der Waals surface area contributed by atoms with Crippen molar-refractivity contribution in [1.29, 1.82) is 0 Å². The summed E-state index contributed by atoms with van der Waals surface area (Å²) < 4.78 is 43.1. The third kappa shape index (κ3) is 3.88. The summed E-state index contributed by atoms with van der Waals surface area (Å²) in [6, 6.07) is 3.30. The Hall–Kier alpha value is -1.71. The molecule has 0 saturated carbocycles. The number of nitrogens with zero attached hydrogens (tertiary/aromatic N) is 3. The Morgan fingerprint density at radius 2 is 1.93 bits per heavy atom. The smallest absolute Gasteiger partial charge is 0.282 e. The Morgan fingerprint density at radius 1 is 1.32 bits per heavy atom.